The van der Waals surface area contributed by atoms with Gasteiger partial charge in [0.25, 0.3) is 5.56 Å². The molecule has 0 aliphatic carbocycles. The van der Waals surface area contributed by atoms with Crippen LogP contribution in [0.4, 0.5) is 0 Å². The van der Waals surface area contributed by atoms with Gasteiger partial charge in [0, 0.05) is 12.5 Å². The van der Waals surface area contributed by atoms with Crippen molar-refractivity contribution < 1.29 is 19.0 Å². The number of nitrogens with one attached hydrogen (secondary N) is 2. The molecule has 0 radical (unpaired) electrons. The lowest BCUT2D eigenvalue weighted by Crippen LogP contribution is -2.28. The van der Waals surface area contributed by atoms with Crippen LogP contribution in [0.2, 0.25) is 0 Å². The maximum atomic E-state index is 12.0. The molecular weight excluding hydrogens is 370 g/mol. The van der Waals surface area contributed by atoms with Gasteiger partial charge in [-0.25, -0.2) is 9.89 Å². The Morgan fingerprint density at radius 3 is 2.75 bits per heavy atom. The number of benzene rings is 1. The van der Waals surface area contributed by atoms with Crippen LogP contribution < -0.4 is 20.7 Å². The number of hydrazone groups is 1. The van der Waals surface area contributed by atoms with Crippen molar-refractivity contribution in [2.75, 3.05) is 13.7 Å². The zero-order valence-electron chi connectivity index (χ0n) is 15.5. The van der Waals surface area contributed by atoms with Crippen LogP contribution in [0.5, 0.6) is 11.5 Å². The fourth-order valence-corrected chi connectivity index (χ4v) is 2.64. The molecule has 28 heavy (non-hydrogen) atoms. The average molecular weight is 389 g/mol. The van der Waals surface area contributed by atoms with Crippen LogP contribution in [0, 0.1) is 0 Å². The van der Waals surface area contributed by atoms with Gasteiger partial charge >= 0.3 is 5.69 Å². The highest BCUT2D eigenvalue weighted by molar-refractivity contribution is 5.83. The van der Waals surface area contributed by atoms with E-state index in [9.17, 15) is 14.4 Å². The number of carbonyl (C=O) groups excluding carboxylic acids is 1. The summed E-state index contributed by atoms with van der Waals surface area (Å²) in [4.78, 5) is 37.0. The number of nitrogens with zero attached hydrogens (tertiary/aromatic N) is 3. The summed E-state index contributed by atoms with van der Waals surface area (Å²) in [5.74, 6) is 0.805. The van der Waals surface area contributed by atoms with Crippen LogP contribution in [0.1, 0.15) is 31.3 Å². The highest BCUT2D eigenvalue weighted by Crippen LogP contribution is 2.35. The van der Waals surface area contributed by atoms with Gasteiger partial charge in [0.15, 0.2) is 11.5 Å². The largest absolute Gasteiger partial charge is 0.493 e. The first-order chi connectivity index (χ1) is 13.4. The number of amides is 1. The number of ether oxygens (including phenoxy) is 3. The van der Waals surface area contributed by atoms with E-state index >= 15 is 0 Å². The Balaban J connectivity index is 1.88. The van der Waals surface area contributed by atoms with Crippen molar-refractivity contribution in [2.24, 2.45) is 5.10 Å². The van der Waals surface area contributed by atoms with E-state index in [0.29, 0.717) is 23.7 Å². The van der Waals surface area contributed by atoms with Crippen molar-refractivity contribution in [1.82, 2.24) is 20.2 Å². The number of methoxy groups -OCH3 is 1. The minimum Gasteiger partial charge on any atom is -0.493 e. The maximum absolute atomic E-state index is 12.0. The smallest absolute Gasteiger partial charge is 0.342 e. The number of aromatic nitrogens is 3. The van der Waals surface area contributed by atoms with Crippen LogP contribution in [-0.4, -0.2) is 45.7 Å². The fourth-order valence-electron chi connectivity index (χ4n) is 2.64. The minimum atomic E-state index is -0.834. The molecule has 11 heteroatoms. The third-order valence-corrected chi connectivity index (χ3v) is 3.88. The SMILES string of the molecule is CCOc1ccc([C@@H]2OC(Cc3n[nH]c(=O)[nH]c3=O)=NN2C(C)=O)cc1OC. The van der Waals surface area contributed by atoms with Crippen LogP contribution in [0.15, 0.2) is 32.9 Å². The fraction of sp³-hybridized carbons (Fsp3) is 0.353. The number of hydrogen-bond donors (Lipinski definition) is 2. The Hall–Kier alpha value is -3.63. The molecule has 3 rings (SSSR count). The monoisotopic (exact) mass is 389 g/mol. The first-order valence-electron chi connectivity index (χ1n) is 8.45. The van der Waals surface area contributed by atoms with Crippen molar-refractivity contribution in [3.05, 3.63) is 50.3 Å². The van der Waals surface area contributed by atoms with Crippen molar-refractivity contribution >= 4 is 11.8 Å². The van der Waals surface area contributed by atoms with E-state index in [-0.39, 0.29) is 23.9 Å². The van der Waals surface area contributed by atoms with Crippen LogP contribution >= 0.6 is 0 Å². The molecule has 1 amide bonds. The molecule has 148 valence electrons. The number of rotatable bonds is 6. The van der Waals surface area contributed by atoms with Crippen molar-refractivity contribution in [3.63, 3.8) is 0 Å². The average Bonchev–Trinajstić information content (AvgIpc) is 3.09. The number of aromatic amines is 2. The molecule has 0 saturated carbocycles. The zero-order chi connectivity index (χ0) is 20.3. The second-order valence-electron chi connectivity index (χ2n) is 5.80. The Bertz CT molecular complexity index is 1030. The molecule has 0 spiro atoms. The van der Waals surface area contributed by atoms with Crippen LogP contribution in [0.3, 0.4) is 0 Å². The first kappa shape index (κ1) is 19.1. The van der Waals surface area contributed by atoms with Gasteiger partial charge in [-0.1, -0.05) is 0 Å². The van der Waals surface area contributed by atoms with Gasteiger partial charge in [-0.3, -0.25) is 14.6 Å². The summed E-state index contributed by atoms with van der Waals surface area (Å²) >= 11 is 0. The third kappa shape index (κ3) is 3.87. The molecule has 11 nitrogen and oxygen atoms in total. The van der Waals surface area contributed by atoms with Crippen molar-refractivity contribution in [1.29, 1.82) is 0 Å². The van der Waals surface area contributed by atoms with E-state index in [1.807, 2.05) is 6.92 Å². The maximum Gasteiger partial charge on any atom is 0.342 e. The van der Waals surface area contributed by atoms with E-state index in [1.54, 1.807) is 18.2 Å². The number of H-pyrrole nitrogens is 2. The van der Waals surface area contributed by atoms with E-state index < -0.39 is 17.5 Å². The molecule has 1 aromatic carbocycles. The molecule has 2 aromatic rings. The molecule has 1 aromatic heterocycles. The molecule has 2 N–H and O–H groups in total. The standard InChI is InChI=1S/C17H19N5O6/c1-4-27-12-6-5-10(7-13(12)26-3)16-22(9(2)23)21-14(28-16)8-11-15(24)18-17(25)20-19-11/h5-7,16H,4,8H2,1-3H3,(H2,18,20,24,25)/t16-/m0/s1. The van der Waals surface area contributed by atoms with Crippen molar-refractivity contribution in [2.45, 2.75) is 26.5 Å². The predicted molar refractivity (Wildman–Crippen MR) is 97.1 cm³/mol. The summed E-state index contributed by atoms with van der Waals surface area (Å²) in [7, 11) is 1.51. The third-order valence-electron chi connectivity index (χ3n) is 3.88. The van der Waals surface area contributed by atoms with E-state index in [4.69, 9.17) is 14.2 Å². The molecule has 0 bridgehead atoms. The van der Waals surface area contributed by atoms with E-state index in [2.05, 4.69) is 20.3 Å². The van der Waals surface area contributed by atoms with Gasteiger partial charge in [-0.2, -0.15) is 10.1 Å². The Labute approximate surface area is 158 Å². The van der Waals surface area contributed by atoms with E-state index in [0.717, 1.165) is 5.01 Å². The molecule has 1 atom stereocenters. The van der Waals surface area contributed by atoms with Gasteiger partial charge < -0.3 is 14.2 Å². The van der Waals surface area contributed by atoms with Crippen LogP contribution in [-0.2, 0) is 16.0 Å². The topological polar surface area (TPSA) is 139 Å². The Morgan fingerprint density at radius 1 is 1.32 bits per heavy atom. The molecule has 0 fully saturated rings. The lowest BCUT2D eigenvalue weighted by Gasteiger charge is -2.20. The Kier molecular flexibility index (Phi) is 5.43. The highest BCUT2D eigenvalue weighted by Gasteiger charge is 2.33. The lowest BCUT2D eigenvalue weighted by atomic mass is 10.1. The molecule has 2 heterocycles. The molecular formula is C17H19N5O6. The van der Waals surface area contributed by atoms with Crippen LogP contribution in [0.25, 0.3) is 0 Å². The summed E-state index contributed by atoms with van der Waals surface area (Å²) in [6.07, 6.45) is -0.931. The second-order valence-corrected chi connectivity index (χ2v) is 5.80. The molecule has 1 aliphatic rings. The molecule has 0 saturated heterocycles. The normalized spacial score (nSPS) is 15.8. The quantitative estimate of drug-likeness (QED) is 0.724. The number of carbonyl (C=O) groups is 1. The van der Waals surface area contributed by atoms with Gasteiger partial charge in [0.2, 0.25) is 18.0 Å². The first-order valence-corrected chi connectivity index (χ1v) is 8.45. The van der Waals surface area contributed by atoms with Gasteiger partial charge in [-0.05, 0) is 25.1 Å². The number of hydrogen-bond acceptors (Lipinski definition) is 8. The van der Waals surface area contributed by atoms with Gasteiger partial charge in [-0.15, -0.1) is 5.10 Å². The summed E-state index contributed by atoms with van der Waals surface area (Å²) in [6, 6.07) is 5.14. The minimum absolute atomic E-state index is 0.00627. The zero-order valence-corrected chi connectivity index (χ0v) is 15.5. The molecule has 1 aliphatic heterocycles. The molecule has 0 unspecified atom stereocenters. The van der Waals surface area contributed by atoms with Gasteiger partial charge in [0.1, 0.15) is 5.69 Å². The summed E-state index contributed by atoms with van der Waals surface area (Å²) < 4.78 is 16.6. The second kappa shape index (κ2) is 7.94. The summed E-state index contributed by atoms with van der Waals surface area (Å²) in [5, 5.41) is 11.1. The summed E-state index contributed by atoms with van der Waals surface area (Å²) in [5.41, 5.74) is -0.757. The highest BCUT2D eigenvalue weighted by atomic mass is 16.5. The van der Waals surface area contributed by atoms with Crippen molar-refractivity contribution in [3.8, 4) is 11.5 Å². The van der Waals surface area contributed by atoms with E-state index in [1.165, 1.54) is 14.0 Å². The summed E-state index contributed by atoms with van der Waals surface area (Å²) in [6.45, 7) is 3.68. The lowest BCUT2D eigenvalue weighted by molar-refractivity contribution is -0.135. The predicted octanol–water partition coefficient (Wildman–Crippen LogP) is 0.299. The van der Waals surface area contributed by atoms with Gasteiger partial charge in [0.05, 0.1) is 20.1 Å². The Morgan fingerprint density at radius 2 is 2.11 bits per heavy atom.